The molecule has 0 aliphatic heterocycles. The quantitative estimate of drug-likeness (QED) is 0.902. The van der Waals surface area contributed by atoms with Crippen molar-refractivity contribution in [1.29, 1.82) is 0 Å². The highest BCUT2D eigenvalue weighted by Gasteiger charge is 2.10. The maximum atomic E-state index is 6.17. The minimum absolute atomic E-state index is 0.0306. The standard InChI is InChI=1S/C14H17NO2S/c1-16-12-6-5-10(9-13(12)17-2)8-11(15)14-4-3-7-18-14/h3-7,9,11H,8,15H2,1-2H3. The van der Waals surface area contributed by atoms with E-state index in [9.17, 15) is 0 Å². The van der Waals surface area contributed by atoms with Crippen LogP contribution in [0, 0.1) is 0 Å². The molecule has 96 valence electrons. The molecule has 1 aromatic carbocycles. The van der Waals surface area contributed by atoms with Gasteiger partial charge >= 0.3 is 0 Å². The lowest BCUT2D eigenvalue weighted by molar-refractivity contribution is 0.354. The van der Waals surface area contributed by atoms with Crippen LogP contribution >= 0.6 is 11.3 Å². The van der Waals surface area contributed by atoms with Crippen LogP contribution in [0.5, 0.6) is 11.5 Å². The average Bonchev–Trinajstić information content (AvgIpc) is 2.92. The largest absolute Gasteiger partial charge is 0.493 e. The van der Waals surface area contributed by atoms with Crippen molar-refractivity contribution < 1.29 is 9.47 Å². The molecule has 18 heavy (non-hydrogen) atoms. The number of nitrogens with two attached hydrogens (primary N) is 1. The Labute approximate surface area is 111 Å². The first-order valence-electron chi connectivity index (χ1n) is 5.74. The lowest BCUT2D eigenvalue weighted by Crippen LogP contribution is -2.11. The molecule has 0 radical (unpaired) electrons. The predicted octanol–water partition coefficient (Wildman–Crippen LogP) is 3.01. The van der Waals surface area contributed by atoms with Crippen LogP contribution in [0.25, 0.3) is 0 Å². The second-order valence-electron chi connectivity index (χ2n) is 4.02. The summed E-state index contributed by atoms with van der Waals surface area (Å²) in [5, 5.41) is 2.05. The molecule has 1 aromatic heterocycles. The summed E-state index contributed by atoms with van der Waals surface area (Å²) in [6.45, 7) is 0. The van der Waals surface area contributed by atoms with E-state index in [1.54, 1.807) is 25.6 Å². The Balaban J connectivity index is 2.14. The Bertz CT molecular complexity index is 497. The van der Waals surface area contributed by atoms with Crippen LogP contribution in [0.15, 0.2) is 35.7 Å². The fourth-order valence-electron chi connectivity index (χ4n) is 1.86. The topological polar surface area (TPSA) is 44.5 Å². The van der Waals surface area contributed by atoms with Gasteiger partial charge in [-0.1, -0.05) is 12.1 Å². The lowest BCUT2D eigenvalue weighted by Gasteiger charge is -2.12. The molecule has 2 aromatic rings. The molecule has 2 N–H and O–H groups in total. The van der Waals surface area contributed by atoms with Crippen molar-refractivity contribution in [1.82, 2.24) is 0 Å². The number of rotatable bonds is 5. The van der Waals surface area contributed by atoms with Gasteiger partial charge in [0.15, 0.2) is 11.5 Å². The summed E-state index contributed by atoms with van der Waals surface area (Å²) < 4.78 is 10.5. The van der Waals surface area contributed by atoms with E-state index in [0.29, 0.717) is 0 Å². The van der Waals surface area contributed by atoms with Crippen LogP contribution in [0.4, 0.5) is 0 Å². The third-order valence-electron chi connectivity index (χ3n) is 2.81. The number of methoxy groups -OCH3 is 2. The highest BCUT2D eigenvalue weighted by Crippen LogP contribution is 2.29. The maximum Gasteiger partial charge on any atom is 0.160 e. The molecule has 1 unspecified atom stereocenters. The molecule has 4 heteroatoms. The zero-order chi connectivity index (χ0) is 13.0. The minimum Gasteiger partial charge on any atom is -0.493 e. The van der Waals surface area contributed by atoms with Gasteiger partial charge < -0.3 is 15.2 Å². The Hall–Kier alpha value is -1.52. The molecule has 1 atom stereocenters. The molecule has 0 aliphatic carbocycles. The van der Waals surface area contributed by atoms with Gasteiger partial charge in [-0.25, -0.2) is 0 Å². The van der Waals surface area contributed by atoms with Gasteiger partial charge in [0, 0.05) is 10.9 Å². The van der Waals surface area contributed by atoms with E-state index in [4.69, 9.17) is 15.2 Å². The molecule has 0 bridgehead atoms. The smallest absolute Gasteiger partial charge is 0.160 e. The van der Waals surface area contributed by atoms with Crippen molar-refractivity contribution in [2.75, 3.05) is 14.2 Å². The van der Waals surface area contributed by atoms with E-state index in [0.717, 1.165) is 23.5 Å². The lowest BCUT2D eigenvalue weighted by atomic mass is 10.0. The van der Waals surface area contributed by atoms with Crippen molar-refractivity contribution in [2.24, 2.45) is 5.73 Å². The molecule has 1 heterocycles. The number of benzene rings is 1. The van der Waals surface area contributed by atoms with Crippen molar-refractivity contribution in [3.8, 4) is 11.5 Å². The maximum absolute atomic E-state index is 6.17. The Kier molecular flexibility index (Phi) is 4.23. The Morgan fingerprint density at radius 3 is 2.56 bits per heavy atom. The molecule has 0 spiro atoms. The van der Waals surface area contributed by atoms with Crippen LogP contribution in [0.1, 0.15) is 16.5 Å². The van der Waals surface area contributed by atoms with E-state index in [-0.39, 0.29) is 6.04 Å². The van der Waals surface area contributed by atoms with Crippen LogP contribution in [-0.4, -0.2) is 14.2 Å². The van der Waals surface area contributed by atoms with Gasteiger partial charge in [0.1, 0.15) is 0 Å². The van der Waals surface area contributed by atoms with Gasteiger partial charge in [0.05, 0.1) is 14.2 Å². The molecular weight excluding hydrogens is 246 g/mol. The molecule has 0 amide bonds. The second-order valence-corrected chi connectivity index (χ2v) is 4.99. The molecule has 0 fully saturated rings. The van der Waals surface area contributed by atoms with Crippen LogP contribution in [0.3, 0.4) is 0 Å². The molecular formula is C14H17NO2S. The summed E-state index contributed by atoms with van der Waals surface area (Å²) in [6.07, 6.45) is 0.793. The first-order valence-corrected chi connectivity index (χ1v) is 6.62. The fraction of sp³-hybridized carbons (Fsp3) is 0.286. The summed E-state index contributed by atoms with van der Waals surface area (Å²) in [5.74, 6) is 1.49. The monoisotopic (exact) mass is 263 g/mol. The zero-order valence-electron chi connectivity index (χ0n) is 10.6. The van der Waals surface area contributed by atoms with E-state index >= 15 is 0 Å². The Morgan fingerprint density at radius 2 is 1.94 bits per heavy atom. The highest BCUT2D eigenvalue weighted by atomic mass is 32.1. The minimum atomic E-state index is 0.0306. The van der Waals surface area contributed by atoms with Crippen molar-refractivity contribution in [2.45, 2.75) is 12.5 Å². The number of hydrogen-bond donors (Lipinski definition) is 1. The third kappa shape index (κ3) is 2.83. The molecule has 3 nitrogen and oxygen atoms in total. The first-order chi connectivity index (χ1) is 8.74. The van der Waals surface area contributed by atoms with Gasteiger partial charge in [0.2, 0.25) is 0 Å². The van der Waals surface area contributed by atoms with Crippen LogP contribution in [0.2, 0.25) is 0 Å². The highest BCUT2D eigenvalue weighted by molar-refractivity contribution is 7.10. The average molecular weight is 263 g/mol. The van der Waals surface area contributed by atoms with Crippen LogP contribution in [-0.2, 0) is 6.42 Å². The van der Waals surface area contributed by atoms with E-state index in [1.165, 1.54) is 4.88 Å². The number of ether oxygens (including phenoxy) is 2. The van der Waals surface area contributed by atoms with Crippen molar-refractivity contribution in [3.63, 3.8) is 0 Å². The Morgan fingerprint density at radius 1 is 1.17 bits per heavy atom. The summed E-state index contributed by atoms with van der Waals surface area (Å²) in [7, 11) is 3.27. The van der Waals surface area contributed by atoms with E-state index in [2.05, 4.69) is 6.07 Å². The second kappa shape index (κ2) is 5.89. The first kappa shape index (κ1) is 12.9. The summed E-state index contributed by atoms with van der Waals surface area (Å²) >= 11 is 1.69. The summed E-state index contributed by atoms with van der Waals surface area (Å²) in [5.41, 5.74) is 7.32. The molecule has 0 saturated carbocycles. The van der Waals surface area contributed by atoms with Gasteiger partial charge in [-0.05, 0) is 35.6 Å². The summed E-state index contributed by atoms with van der Waals surface area (Å²) in [6, 6.07) is 10.0. The number of thiophene rings is 1. The number of hydrogen-bond acceptors (Lipinski definition) is 4. The normalized spacial score (nSPS) is 12.2. The van der Waals surface area contributed by atoms with Gasteiger partial charge in [-0.3, -0.25) is 0 Å². The SMILES string of the molecule is COc1ccc(CC(N)c2cccs2)cc1OC. The van der Waals surface area contributed by atoms with E-state index < -0.39 is 0 Å². The molecule has 0 saturated heterocycles. The van der Waals surface area contributed by atoms with Gasteiger partial charge in [0.25, 0.3) is 0 Å². The van der Waals surface area contributed by atoms with Crippen molar-refractivity contribution >= 4 is 11.3 Å². The third-order valence-corrected chi connectivity index (χ3v) is 3.82. The summed E-state index contributed by atoms with van der Waals surface area (Å²) in [4.78, 5) is 1.20. The molecule has 2 rings (SSSR count). The fourth-order valence-corrected chi connectivity index (χ4v) is 2.59. The van der Waals surface area contributed by atoms with Crippen LogP contribution < -0.4 is 15.2 Å². The van der Waals surface area contributed by atoms with E-state index in [1.807, 2.05) is 29.6 Å². The van der Waals surface area contributed by atoms with Crippen molar-refractivity contribution in [3.05, 3.63) is 46.2 Å². The van der Waals surface area contributed by atoms with Gasteiger partial charge in [-0.15, -0.1) is 11.3 Å². The van der Waals surface area contributed by atoms with Gasteiger partial charge in [-0.2, -0.15) is 0 Å². The molecule has 0 aliphatic rings. The zero-order valence-corrected chi connectivity index (χ0v) is 11.4. The predicted molar refractivity (Wildman–Crippen MR) is 74.5 cm³/mol.